The number of guanidine groups is 1. The first-order valence-electron chi connectivity index (χ1n) is 7.45. The monoisotopic (exact) mass is 297 g/mol. The van der Waals surface area contributed by atoms with Crippen molar-refractivity contribution in [1.82, 2.24) is 10.6 Å². The molecule has 0 amide bonds. The lowest BCUT2D eigenvalue weighted by Crippen LogP contribution is -2.40. The van der Waals surface area contributed by atoms with E-state index in [1.807, 2.05) is 6.07 Å². The minimum atomic E-state index is 0.259. The molecule has 0 aliphatic heterocycles. The third-order valence-corrected chi connectivity index (χ3v) is 3.97. The molecular formula is C15H27N3OS. The van der Waals surface area contributed by atoms with Gasteiger partial charge in [-0.15, -0.1) is 11.3 Å². The molecule has 0 saturated carbocycles. The number of rotatable bonds is 9. The van der Waals surface area contributed by atoms with Crippen LogP contribution in [0.15, 0.2) is 22.5 Å². The Morgan fingerprint density at radius 1 is 1.35 bits per heavy atom. The van der Waals surface area contributed by atoms with Gasteiger partial charge in [-0.2, -0.15) is 0 Å². The molecule has 1 heterocycles. The van der Waals surface area contributed by atoms with Crippen LogP contribution in [0.2, 0.25) is 0 Å². The van der Waals surface area contributed by atoms with E-state index in [1.54, 1.807) is 11.3 Å². The van der Waals surface area contributed by atoms with Crippen LogP contribution in [-0.2, 0) is 6.54 Å². The third-order valence-electron chi connectivity index (χ3n) is 3.11. The Kier molecular flexibility index (Phi) is 9.07. The fourth-order valence-electron chi connectivity index (χ4n) is 2.08. The smallest absolute Gasteiger partial charge is 0.191 e. The predicted molar refractivity (Wildman–Crippen MR) is 87.2 cm³/mol. The van der Waals surface area contributed by atoms with Crippen molar-refractivity contribution >= 4 is 17.3 Å². The van der Waals surface area contributed by atoms with Crippen molar-refractivity contribution in [2.24, 2.45) is 10.9 Å². The minimum Gasteiger partial charge on any atom is -0.396 e. The van der Waals surface area contributed by atoms with Gasteiger partial charge in [0.2, 0.25) is 0 Å². The van der Waals surface area contributed by atoms with E-state index in [-0.39, 0.29) is 6.61 Å². The van der Waals surface area contributed by atoms with Crippen molar-refractivity contribution in [3.05, 3.63) is 22.4 Å². The molecule has 0 aliphatic rings. The number of nitrogens with one attached hydrogen (secondary N) is 2. The van der Waals surface area contributed by atoms with Crippen LogP contribution in [0, 0.1) is 5.92 Å². The molecule has 0 aliphatic carbocycles. The maximum absolute atomic E-state index is 9.09. The lowest BCUT2D eigenvalue weighted by molar-refractivity contribution is 0.251. The normalized spacial score (nSPS) is 13.2. The zero-order chi connectivity index (χ0) is 14.6. The highest BCUT2D eigenvalue weighted by Crippen LogP contribution is 2.10. The van der Waals surface area contributed by atoms with E-state index in [0.29, 0.717) is 12.5 Å². The number of aliphatic hydroxyl groups is 1. The Balaban J connectivity index is 2.46. The lowest BCUT2D eigenvalue weighted by Gasteiger charge is -2.18. The largest absolute Gasteiger partial charge is 0.396 e. The van der Waals surface area contributed by atoms with Crippen molar-refractivity contribution in [2.75, 3.05) is 19.7 Å². The molecule has 1 aromatic heterocycles. The molecule has 1 atom stereocenters. The summed E-state index contributed by atoms with van der Waals surface area (Å²) in [6.07, 6.45) is 3.14. The number of aliphatic hydroxyl groups excluding tert-OH is 1. The van der Waals surface area contributed by atoms with Gasteiger partial charge in [0.25, 0.3) is 0 Å². The molecule has 1 rings (SSSR count). The van der Waals surface area contributed by atoms with Gasteiger partial charge in [0.1, 0.15) is 0 Å². The number of hydrogen-bond donors (Lipinski definition) is 3. The lowest BCUT2D eigenvalue weighted by atomic mass is 10.0. The van der Waals surface area contributed by atoms with Crippen molar-refractivity contribution in [3.8, 4) is 0 Å². The third kappa shape index (κ3) is 6.91. The van der Waals surface area contributed by atoms with Crippen LogP contribution in [0.25, 0.3) is 0 Å². The second-order valence-electron chi connectivity index (χ2n) is 4.82. The molecule has 0 fully saturated rings. The van der Waals surface area contributed by atoms with Crippen LogP contribution >= 0.6 is 11.3 Å². The van der Waals surface area contributed by atoms with E-state index in [1.165, 1.54) is 4.88 Å². The maximum Gasteiger partial charge on any atom is 0.191 e. The zero-order valence-corrected chi connectivity index (χ0v) is 13.4. The van der Waals surface area contributed by atoms with Gasteiger partial charge in [0, 0.05) is 24.6 Å². The quantitative estimate of drug-likeness (QED) is 0.485. The van der Waals surface area contributed by atoms with Gasteiger partial charge in [0.15, 0.2) is 5.96 Å². The molecule has 5 heteroatoms. The van der Waals surface area contributed by atoms with Gasteiger partial charge in [0.05, 0.1) is 6.54 Å². The summed E-state index contributed by atoms with van der Waals surface area (Å²) in [6, 6.07) is 4.15. The second kappa shape index (κ2) is 10.7. The molecular weight excluding hydrogens is 270 g/mol. The summed E-state index contributed by atoms with van der Waals surface area (Å²) in [4.78, 5) is 5.86. The first-order valence-corrected chi connectivity index (χ1v) is 8.33. The summed E-state index contributed by atoms with van der Waals surface area (Å²) in [5.41, 5.74) is 0. The highest BCUT2D eigenvalue weighted by atomic mass is 32.1. The summed E-state index contributed by atoms with van der Waals surface area (Å²) < 4.78 is 0. The molecule has 0 saturated heterocycles. The average molecular weight is 297 g/mol. The maximum atomic E-state index is 9.09. The molecule has 20 heavy (non-hydrogen) atoms. The number of hydrogen-bond acceptors (Lipinski definition) is 3. The fourth-order valence-corrected chi connectivity index (χ4v) is 2.71. The van der Waals surface area contributed by atoms with E-state index in [0.717, 1.165) is 38.3 Å². The summed E-state index contributed by atoms with van der Waals surface area (Å²) in [5.74, 6) is 1.37. The van der Waals surface area contributed by atoms with Crippen molar-refractivity contribution in [1.29, 1.82) is 0 Å². The summed E-state index contributed by atoms with van der Waals surface area (Å²) in [6.45, 7) is 6.94. The molecule has 114 valence electrons. The van der Waals surface area contributed by atoms with Crippen LogP contribution in [0.4, 0.5) is 0 Å². The van der Waals surface area contributed by atoms with Gasteiger partial charge in [-0.3, -0.25) is 0 Å². The predicted octanol–water partition coefficient (Wildman–Crippen LogP) is 2.60. The molecule has 3 N–H and O–H groups in total. The van der Waals surface area contributed by atoms with Gasteiger partial charge in [-0.05, 0) is 37.1 Å². The van der Waals surface area contributed by atoms with Crippen LogP contribution in [-0.4, -0.2) is 30.8 Å². The molecule has 4 nitrogen and oxygen atoms in total. The summed E-state index contributed by atoms with van der Waals surface area (Å²) in [7, 11) is 0. The highest BCUT2D eigenvalue weighted by molar-refractivity contribution is 7.09. The highest BCUT2D eigenvalue weighted by Gasteiger charge is 2.08. The van der Waals surface area contributed by atoms with E-state index < -0.39 is 0 Å². The molecule has 1 aromatic rings. The minimum absolute atomic E-state index is 0.259. The van der Waals surface area contributed by atoms with Crippen molar-refractivity contribution in [3.63, 3.8) is 0 Å². The number of thiophene rings is 1. The SMILES string of the molecule is CCCC(CCO)CNC(=NCc1cccs1)NCC. The second-order valence-corrected chi connectivity index (χ2v) is 5.85. The number of nitrogens with zero attached hydrogens (tertiary/aromatic N) is 1. The van der Waals surface area contributed by atoms with E-state index in [2.05, 4.69) is 40.9 Å². The van der Waals surface area contributed by atoms with E-state index in [4.69, 9.17) is 5.11 Å². The van der Waals surface area contributed by atoms with Crippen molar-refractivity contribution < 1.29 is 5.11 Å². The molecule has 0 aromatic carbocycles. The Bertz CT molecular complexity index is 359. The van der Waals surface area contributed by atoms with Crippen LogP contribution < -0.4 is 10.6 Å². The summed E-state index contributed by atoms with van der Waals surface area (Å²) >= 11 is 1.73. The first kappa shape index (κ1) is 17.0. The Labute approximate surface area is 126 Å². The van der Waals surface area contributed by atoms with Crippen LogP contribution in [0.3, 0.4) is 0 Å². The average Bonchev–Trinajstić information content (AvgIpc) is 2.95. The van der Waals surface area contributed by atoms with E-state index in [9.17, 15) is 0 Å². The van der Waals surface area contributed by atoms with E-state index >= 15 is 0 Å². The Morgan fingerprint density at radius 3 is 2.80 bits per heavy atom. The molecule has 0 radical (unpaired) electrons. The van der Waals surface area contributed by atoms with Crippen LogP contribution in [0.5, 0.6) is 0 Å². The molecule has 0 spiro atoms. The topological polar surface area (TPSA) is 56.6 Å². The Hall–Kier alpha value is -1.07. The van der Waals surface area contributed by atoms with Crippen LogP contribution in [0.1, 0.15) is 38.0 Å². The van der Waals surface area contributed by atoms with Gasteiger partial charge >= 0.3 is 0 Å². The first-order chi connectivity index (χ1) is 9.80. The van der Waals surface area contributed by atoms with Gasteiger partial charge in [-0.25, -0.2) is 4.99 Å². The molecule has 0 bridgehead atoms. The Morgan fingerprint density at radius 2 is 2.20 bits per heavy atom. The summed E-state index contributed by atoms with van der Waals surface area (Å²) in [5, 5.41) is 17.8. The van der Waals surface area contributed by atoms with Gasteiger partial charge in [-0.1, -0.05) is 19.4 Å². The standard InChI is InChI=1S/C15H27N3OS/c1-3-6-13(8-9-19)11-17-15(16-4-2)18-12-14-7-5-10-20-14/h5,7,10,13,19H,3-4,6,8-9,11-12H2,1-2H3,(H2,16,17,18). The van der Waals surface area contributed by atoms with Gasteiger partial charge < -0.3 is 15.7 Å². The van der Waals surface area contributed by atoms with Crippen molar-refractivity contribution in [2.45, 2.75) is 39.7 Å². The fraction of sp³-hybridized carbons (Fsp3) is 0.667. The molecule has 1 unspecified atom stereocenters. The number of aliphatic imine (C=N–C) groups is 1. The zero-order valence-electron chi connectivity index (χ0n) is 12.6.